The van der Waals surface area contributed by atoms with Gasteiger partial charge < -0.3 is 10.2 Å². The number of nitrogens with zero attached hydrogens (tertiary/aromatic N) is 1. The third-order valence-corrected chi connectivity index (χ3v) is 5.13. The summed E-state index contributed by atoms with van der Waals surface area (Å²) in [5.41, 5.74) is 4.12. The number of benzene rings is 1. The molecule has 0 aromatic heterocycles. The fourth-order valence-corrected chi connectivity index (χ4v) is 3.65. The van der Waals surface area contributed by atoms with Crippen LogP contribution in [-0.4, -0.2) is 24.9 Å². The molecule has 1 aliphatic rings. The van der Waals surface area contributed by atoms with Gasteiger partial charge in [0.05, 0.1) is 0 Å². The van der Waals surface area contributed by atoms with Gasteiger partial charge in [0.15, 0.2) is 0 Å². The Kier molecular flexibility index (Phi) is 7.77. The summed E-state index contributed by atoms with van der Waals surface area (Å²) in [5, 5.41) is 2.65. The molecular weight excluding hydrogens is 308 g/mol. The lowest BCUT2D eigenvalue weighted by molar-refractivity contribution is -0.108. The van der Waals surface area contributed by atoms with E-state index in [4.69, 9.17) is 0 Å². The van der Waals surface area contributed by atoms with Crippen molar-refractivity contribution in [2.24, 2.45) is 5.92 Å². The van der Waals surface area contributed by atoms with Crippen molar-refractivity contribution in [3.63, 3.8) is 0 Å². The number of hydrogen-bond acceptors (Lipinski definition) is 2. The minimum Gasteiger partial charge on any atom is -0.374 e. The smallest absolute Gasteiger partial charge is 0.211 e. The lowest BCUT2D eigenvalue weighted by Gasteiger charge is -2.26. The SMILES string of the molecule is C=C(/C=C(/c1cccc(C)c1)N(C)CCC1CCCCCC1)NC=O. The molecule has 1 aliphatic carbocycles. The summed E-state index contributed by atoms with van der Waals surface area (Å²) < 4.78 is 0. The second-order valence-corrected chi connectivity index (χ2v) is 7.25. The molecule has 0 saturated heterocycles. The first-order chi connectivity index (χ1) is 12.1. The molecule has 3 nitrogen and oxygen atoms in total. The molecule has 0 bridgehead atoms. The Morgan fingerprint density at radius 3 is 2.64 bits per heavy atom. The lowest BCUT2D eigenvalue weighted by Crippen LogP contribution is -2.21. The highest BCUT2D eigenvalue weighted by molar-refractivity contribution is 5.68. The molecule has 3 heteroatoms. The molecule has 136 valence electrons. The van der Waals surface area contributed by atoms with Crippen molar-refractivity contribution in [3.8, 4) is 0 Å². The van der Waals surface area contributed by atoms with Crippen LogP contribution >= 0.6 is 0 Å². The molecule has 25 heavy (non-hydrogen) atoms. The van der Waals surface area contributed by atoms with Crippen LogP contribution in [0.5, 0.6) is 0 Å². The molecule has 0 radical (unpaired) electrons. The van der Waals surface area contributed by atoms with E-state index in [0.717, 1.165) is 23.7 Å². The molecule has 1 aromatic rings. The van der Waals surface area contributed by atoms with E-state index in [-0.39, 0.29) is 0 Å². The molecule has 0 heterocycles. The standard InChI is InChI=1S/C22H32N2O/c1-18-9-8-12-21(15-18)22(16-19(2)23-17-25)24(3)14-13-20-10-6-4-5-7-11-20/h8-9,12,15-17,20H,2,4-7,10-11,13-14H2,1,3H3,(H,23,25)/b22-16-. The van der Waals surface area contributed by atoms with Gasteiger partial charge in [0, 0.05) is 25.0 Å². The van der Waals surface area contributed by atoms with Gasteiger partial charge in [-0.1, -0.05) is 68.9 Å². The van der Waals surface area contributed by atoms with Crippen molar-refractivity contribution in [2.75, 3.05) is 13.6 Å². The van der Waals surface area contributed by atoms with E-state index in [0.29, 0.717) is 12.1 Å². The molecule has 1 N–H and O–H groups in total. The van der Waals surface area contributed by atoms with Gasteiger partial charge in [0.25, 0.3) is 0 Å². The zero-order chi connectivity index (χ0) is 18.1. The van der Waals surface area contributed by atoms with Crippen LogP contribution < -0.4 is 5.32 Å². The zero-order valence-electron chi connectivity index (χ0n) is 15.8. The van der Waals surface area contributed by atoms with Crippen LogP contribution in [0.1, 0.15) is 56.1 Å². The predicted octanol–water partition coefficient (Wildman–Crippen LogP) is 4.89. The molecule has 1 saturated carbocycles. The second kappa shape index (κ2) is 10.1. The molecule has 2 rings (SSSR count). The Labute approximate surface area is 152 Å². The number of rotatable bonds is 8. The van der Waals surface area contributed by atoms with Crippen molar-refractivity contribution in [1.82, 2.24) is 10.2 Å². The van der Waals surface area contributed by atoms with Crippen molar-refractivity contribution >= 4 is 12.1 Å². The number of amides is 1. The van der Waals surface area contributed by atoms with Crippen LogP contribution in [0.3, 0.4) is 0 Å². The van der Waals surface area contributed by atoms with Crippen molar-refractivity contribution in [3.05, 3.63) is 53.7 Å². The highest BCUT2D eigenvalue weighted by atomic mass is 16.1. The van der Waals surface area contributed by atoms with E-state index in [1.807, 2.05) is 6.08 Å². The first-order valence-corrected chi connectivity index (χ1v) is 9.49. The maximum Gasteiger partial charge on any atom is 0.211 e. The van der Waals surface area contributed by atoms with Crippen LogP contribution in [0, 0.1) is 12.8 Å². The van der Waals surface area contributed by atoms with Crippen LogP contribution in [0.4, 0.5) is 0 Å². The topological polar surface area (TPSA) is 32.3 Å². The summed E-state index contributed by atoms with van der Waals surface area (Å²) in [7, 11) is 2.14. The average molecular weight is 341 g/mol. The summed E-state index contributed by atoms with van der Waals surface area (Å²) in [5.74, 6) is 0.847. The molecule has 1 fully saturated rings. The van der Waals surface area contributed by atoms with Crippen LogP contribution in [0.15, 0.2) is 42.6 Å². The monoisotopic (exact) mass is 340 g/mol. The number of nitrogens with one attached hydrogen (secondary N) is 1. The number of allylic oxidation sites excluding steroid dienone is 1. The third kappa shape index (κ3) is 6.41. The fourth-order valence-electron chi connectivity index (χ4n) is 3.65. The van der Waals surface area contributed by atoms with E-state index < -0.39 is 0 Å². The Hall–Kier alpha value is -2.03. The van der Waals surface area contributed by atoms with Crippen molar-refractivity contribution in [1.29, 1.82) is 0 Å². The van der Waals surface area contributed by atoms with Crippen molar-refractivity contribution in [2.45, 2.75) is 51.9 Å². The molecule has 1 amide bonds. The van der Waals surface area contributed by atoms with Crippen LogP contribution in [0.25, 0.3) is 5.70 Å². The lowest BCUT2D eigenvalue weighted by atomic mass is 9.96. The predicted molar refractivity (Wildman–Crippen MR) is 106 cm³/mol. The molecule has 0 unspecified atom stereocenters. The highest BCUT2D eigenvalue weighted by Crippen LogP contribution is 2.27. The average Bonchev–Trinajstić information content (AvgIpc) is 2.86. The second-order valence-electron chi connectivity index (χ2n) is 7.25. The van der Waals surface area contributed by atoms with Gasteiger partial charge in [-0.05, 0) is 37.0 Å². The van der Waals surface area contributed by atoms with E-state index in [9.17, 15) is 4.79 Å². The third-order valence-electron chi connectivity index (χ3n) is 5.13. The van der Waals surface area contributed by atoms with Gasteiger partial charge >= 0.3 is 0 Å². The van der Waals surface area contributed by atoms with Gasteiger partial charge in [0.2, 0.25) is 6.41 Å². The van der Waals surface area contributed by atoms with E-state index >= 15 is 0 Å². The number of aryl methyl sites for hydroxylation is 1. The zero-order valence-corrected chi connectivity index (χ0v) is 15.8. The first-order valence-electron chi connectivity index (χ1n) is 9.49. The number of hydrogen-bond donors (Lipinski definition) is 1. The Bertz CT molecular complexity index is 598. The van der Waals surface area contributed by atoms with Gasteiger partial charge in [-0.3, -0.25) is 4.79 Å². The Balaban J connectivity index is 2.10. The van der Waals surface area contributed by atoms with E-state index in [1.165, 1.54) is 50.5 Å². The summed E-state index contributed by atoms with van der Waals surface area (Å²) in [4.78, 5) is 13.0. The fraction of sp³-hybridized carbons (Fsp3) is 0.500. The normalized spacial score (nSPS) is 16.2. The molecule has 0 aliphatic heterocycles. The minimum absolute atomic E-state index is 0.618. The maximum absolute atomic E-state index is 10.7. The number of carbonyl (C=O) groups is 1. The van der Waals surface area contributed by atoms with Crippen LogP contribution in [0.2, 0.25) is 0 Å². The van der Waals surface area contributed by atoms with Crippen LogP contribution in [-0.2, 0) is 4.79 Å². The quantitative estimate of drug-likeness (QED) is 0.415. The largest absolute Gasteiger partial charge is 0.374 e. The first kappa shape index (κ1) is 19.3. The number of carbonyl (C=O) groups excluding carboxylic acids is 1. The van der Waals surface area contributed by atoms with E-state index in [1.54, 1.807) is 0 Å². The summed E-state index contributed by atoms with van der Waals surface area (Å²) >= 11 is 0. The summed E-state index contributed by atoms with van der Waals surface area (Å²) in [6, 6.07) is 8.48. The van der Waals surface area contributed by atoms with Gasteiger partial charge in [-0.2, -0.15) is 0 Å². The molecule has 0 atom stereocenters. The molecule has 1 aromatic carbocycles. The van der Waals surface area contributed by atoms with Gasteiger partial charge in [-0.25, -0.2) is 0 Å². The molecular formula is C22H32N2O. The summed E-state index contributed by atoms with van der Waals surface area (Å²) in [6.07, 6.45) is 12.2. The van der Waals surface area contributed by atoms with Gasteiger partial charge in [0.1, 0.15) is 0 Å². The Morgan fingerprint density at radius 2 is 2.00 bits per heavy atom. The summed E-state index contributed by atoms with van der Waals surface area (Å²) in [6.45, 7) is 7.06. The molecule has 0 spiro atoms. The minimum atomic E-state index is 0.618. The highest BCUT2D eigenvalue weighted by Gasteiger charge is 2.15. The van der Waals surface area contributed by atoms with Crippen molar-refractivity contribution < 1.29 is 4.79 Å². The Morgan fingerprint density at radius 1 is 1.28 bits per heavy atom. The van der Waals surface area contributed by atoms with E-state index in [2.05, 4.69) is 55.0 Å². The maximum atomic E-state index is 10.7. The van der Waals surface area contributed by atoms with Gasteiger partial charge in [-0.15, -0.1) is 0 Å².